The van der Waals surface area contributed by atoms with Crippen LogP contribution >= 0.6 is 0 Å². The Morgan fingerprint density at radius 3 is 2.82 bits per heavy atom. The maximum absolute atomic E-state index is 6.05. The standard InChI is InChI=1S/C20H21N7O/c1-27-12-14(8-25-27)13-6-16-17(9-24-20(16)23-7-13)18-10-22-11-19(26-18)28-15-2-4-21-5-3-15/h6-12,15,21H,2-5H2,1H3,(H,23,24). The lowest BCUT2D eigenvalue weighted by atomic mass is 10.1. The second-order valence-corrected chi connectivity index (χ2v) is 7.03. The van der Waals surface area contributed by atoms with E-state index in [-0.39, 0.29) is 6.10 Å². The third kappa shape index (κ3) is 3.22. The number of nitrogens with one attached hydrogen (secondary N) is 2. The number of piperidine rings is 1. The highest BCUT2D eigenvalue weighted by molar-refractivity contribution is 5.94. The average Bonchev–Trinajstić information content (AvgIpc) is 3.35. The minimum atomic E-state index is 0.188. The van der Waals surface area contributed by atoms with E-state index in [0.29, 0.717) is 5.88 Å². The molecule has 0 spiro atoms. The number of rotatable bonds is 4. The minimum absolute atomic E-state index is 0.188. The van der Waals surface area contributed by atoms with Crippen molar-refractivity contribution in [3.63, 3.8) is 0 Å². The molecule has 1 aliphatic rings. The van der Waals surface area contributed by atoms with Crippen LogP contribution in [0.5, 0.6) is 5.88 Å². The van der Waals surface area contributed by atoms with Crippen molar-refractivity contribution in [2.45, 2.75) is 18.9 Å². The van der Waals surface area contributed by atoms with Gasteiger partial charge < -0.3 is 15.0 Å². The number of pyridine rings is 1. The molecule has 1 saturated heterocycles. The zero-order chi connectivity index (χ0) is 18.9. The van der Waals surface area contributed by atoms with E-state index in [2.05, 4.69) is 31.4 Å². The Hall–Kier alpha value is -3.26. The molecule has 2 N–H and O–H groups in total. The van der Waals surface area contributed by atoms with Gasteiger partial charge in [-0.05, 0) is 32.0 Å². The number of hydrogen-bond donors (Lipinski definition) is 2. The second kappa shape index (κ2) is 7.05. The minimum Gasteiger partial charge on any atom is -0.473 e. The predicted molar refractivity (Wildman–Crippen MR) is 106 cm³/mol. The molecule has 5 rings (SSSR count). The SMILES string of the molecule is Cn1cc(-c2cnc3[nH]cc(-c4cncc(OC5CCNCC5)n4)c3c2)cn1. The van der Waals surface area contributed by atoms with Gasteiger partial charge in [0, 0.05) is 47.7 Å². The molecule has 5 heterocycles. The van der Waals surface area contributed by atoms with Crippen molar-refractivity contribution < 1.29 is 4.74 Å². The summed E-state index contributed by atoms with van der Waals surface area (Å²) in [5.41, 5.74) is 4.57. The summed E-state index contributed by atoms with van der Waals surface area (Å²) in [7, 11) is 1.90. The lowest BCUT2D eigenvalue weighted by Crippen LogP contribution is -2.34. The van der Waals surface area contributed by atoms with Crippen LogP contribution in [0.15, 0.2) is 43.2 Å². The van der Waals surface area contributed by atoms with Crippen LogP contribution < -0.4 is 10.1 Å². The highest BCUT2D eigenvalue weighted by Gasteiger charge is 2.17. The number of ether oxygens (including phenoxy) is 1. The Morgan fingerprint density at radius 2 is 2.00 bits per heavy atom. The van der Waals surface area contributed by atoms with Crippen molar-refractivity contribution in [1.82, 2.24) is 35.0 Å². The fourth-order valence-electron chi connectivity index (χ4n) is 3.56. The number of fused-ring (bicyclic) bond motifs is 1. The lowest BCUT2D eigenvalue weighted by molar-refractivity contribution is 0.155. The first-order valence-corrected chi connectivity index (χ1v) is 9.42. The molecule has 4 aromatic heterocycles. The fourth-order valence-corrected chi connectivity index (χ4v) is 3.56. The van der Waals surface area contributed by atoms with Crippen LogP contribution in [0.3, 0.4) is 0 Å². The molecule has 0 radical (unpaired) electrons. The lowest BCUT2D eigenvalue weighted by Gasteiger charge is -2.23. The molecule has 4 aromatic rings. The zero-order valence-corrected chi connectivity index (χ0v) is 15.6. The van der Waals surface area contributed by atoms with Gasteiger partial charge in [-0.2, -0.15) is 5.10 Å². The van der Waals surface area contributed by atoms with E-state index in [1.807, 2.05) is 31.8 Å². The number of H-pyrrole nitrogens is 1. The van der Waals surface area contributed by atoms with E-state index in [4.69, 9.17) is 9.72 Å². The average molecular weight is 375 g/mol. The van der Waals surface area contributed by atoms with Gasteiger partial charge in [0.25, 0.3) is 0 Å². The molecule has 1 fully saturated rings. The molecule has 0 atom stereocenters. The van der Waals surface area contributed by atoms with Gasteiger partial charge in [0.1, 0.15) is 11.8 Å². The molecule has 0 amide bonds. The van der Waals surface area contributed by atoms with Crippen molar-refractivity contribution in [3.8, 4) is 28.3 Å². The van der Waals surface area contributed by atoms with E-state index in [9.17, 15) is 0 Å². The Bertz CT molecular complexity index is 1110. The number of nitrogens with zero attached hydrogens (tertiary/aromatic N) is 5. The highest BCUT2D eigenvalue weighted by Crippen LogP contribution is 2.30. The maximum Gasteiger partial charge on any atom is 0.233 e. The maximum atomic E-state index is 6.05. The summed E-state index contributed by atoms with van der Waals surface area (Å²) >= 11 is 0. The molecular formula is C20H21N7O. The van der Waals surface area contributed by atoms with Crippen LogP contribution in [0.4, 0.5) is 0 Å². The van der Waals surface area contributed by atoms with Gasteiger partial charge in [-0.1, -0.05) is 0 Å². The predicted octanol–water partition coefficient (Wildman–Crippen LogP) is 2.55. The first-order valence-electron chi connectivity index (χ1n) is 9.42. The molecule has 0 unspecified atom stereocenters. The van der Waals surface area contributed by atoms with Crippen LogP contribution in [0.1, 0.15) is 12.8 Å². The van der Waals surface area contributed by atoms with E-state index >= 15 is 0 Å². The Balaban J connectivity index is 1.49. The van der Waals surface area contributed by atoms with Gasteiger partial charge in [0.2, 0.25) is 5.88 Å². The van der Waals surface area contributed by atoms with E-state index in [0.717, 1.165) is 59.3 Å². The Labute approximate surface area is 162 Å². The van der Waals surface area contributed by atoms with Gasteiger partial charge in [-0.15, -0.1) is 0 Å². The first-order chi connectivity index (χ1) is 13.8. The van der Waals surface area contributed by atoms with Crippen LogP contribution in [0.2, 0.25) is 0 Å². The largest absolute Gasteiger partial charge is 0.473 e. The molecule has 0 saturated carbocycles. The summed E-state index contributed by atoms with van der Waals surface area (Å²) in [6.45, 7) is 1.95. The third-order valence-electron chi connectivity index (χ3n) is 5.03. The van der Waals surface area contributed by atoms with Gasteiger partial charge in [0.05, 0.1) is 24.3 Å². The molecule has 1 aliphatic heterocycles. The van der Waals surface area contributed by atoms with E-state index in [1.165, 1.54) is 0 Å². The van der Waals surface area contributed by atoms with Gasteiger partial charge in [-0.25, -0.2) is 9.97 Å². The number of aryl methyl sites for hydroxylation is 1. The summed E-state index contributed by atoms with van der Waals surface area (Å²) in [6, 6.07) is 2.10. The fraction of sp³-hybridized carbons (Fsp3) is 0.300. The first kappa shape index (κ1) is 16.9. The molecule has 142 valence electrons. The summed E-state index contributed by atoms with van der Waals surface area (Å²) in [5, 5.41) is 8.58. The summed E-state index contributed by atoms with van der Waals surface area (Å²) in [6.07, 6.45) is 13.2. The summed E-state index contributed by atoms with van der Waals surface area (Å²) in [5.74, 6) is 0.565. The Morgan fingerprint density at radius 1 is 1.11 bits per heavy atom. The zero-order valence-electron chi connectivity index (χ0n) is 15.6. The molecule has 0 bridgehead atoms. The monoisotopic (exact) mass is 375 g/mol. The van der Waals surface area contributed by atoms with E-state index in [1.54, 1.807) is 17.1 Å². The van der Waals surface area contributed by atoms with Crippen LogP contribution in [-0.4, -0.2) is 48.9 Å². The molecule has 28 heavy (non-hydrogen) atoms. The summed E-state index contributed by atoms with van der Waals surface area (Å²) < 4.78 is 7.83. The molecule has 0 aliphatic carbocycles. The molecular weight excluding hydrogens is 354 g/mol. The van der Waals surface area contributed by atoms with Crippen molar-refractivity contribution >= 4 is 11.0 Å². The molecule has 8 heteroatoms. The summed E-state index contributed by atoms with van der Waals surface area (Å²) in [4.78, 5) is 16.8. The van der Waals surface area contributed by atoms with Crippen LogP contribution in [-0.2, 0) is 7.05 Å². The van der Waals surface area contributed by atoms with Crippen molar-refractivity contribution in [2.24, 2.45) is 7.05 Å². The topological polar surface area (TPSA) is 93.5 Å². The molecule has 0 aromatic carbocycles. The van der Waals surface area contributed by atoms with Crippen LogP contribution in [0, 0.1) is 0 Å². The number of hydrogen-bond acceptors (Lipinski definition) is 6. The van der Waals surface area contributed by atoms with E-state index < -0.39 is 0 Å². The van der Waals surface area contributed by atoms with Crippen molar-refractivity contribution in [2.75, 3.05) is 13.1 Å². The third-order valence-corrected chi connectivity index (χ3v) is 5.03. The smallest absolute Gasteiger partial charge is 0.233 e. The van der Waals surface area contributed by atoms with Gasteiger partial charge in [-0.3, -0.25) is 9.67 Å². The quantitative estimate of drug-likeness (QED) is 0.569. The second-order valence-electron chi connectivity index (χ2n) is 7.03. The van der Waals surface area contributed by atoms with Gasteiger partial charge >= 0.3 is 0 Å². The van der Waals surface area contributed by atoms with Crippen LogP contribution in [0.25, 0.3) is 33.4 Å². The normalized spacial score (nSPS) is 15.2. The Kier molecular flexibility index (Phi) is 4.25. The van der Waals surface area contributed by atoms with Gasteiger partial charge in [0.15, 0.2) is 0 Å². The highest BCUT2D eigenvalue weighted by atomic mass is 16.5. The van der Waals surface area contributed by atoms with Crippen molar-refractivity contribution in [3.05, 3.63) is 43.2 Å². The molecule has 8 nitrogen and oxygen atoms in total. The number of aromatic amines is 1. The van der Waals surface area contributed by atoms with Crippen molar-refractivity contribution in [1.29, 1.82) is 0 Å². The number of aromatic nitrogens is 6.